The number of rotatable bonds is 2. The summed E-state index contributed by atoms with van der Waals surface area (Å²) < 4.78 is 0. The van der Waals surface area contributed by atoms with Gasteiger partial charge in [-0.05, 0) is 18.6 Å². The Balaban J connectivity index is 2.33. The van der Waals surface area contributed by atoms with Gasteiger partial charge in [0.2, 0.25) is 5.91 Å². The summed E-state index contributed by atoms with van der Waals surface area (Å²) in [5, 5.41) is 2.77. The van der Waals surface area contributed by atoms with E-state index >= 15 is 0 Å². The van der Waals surface area contributed by atoms with Crippen molar-refractivity contribution in [2.45, 2.75) is 19.4 Å². The summed E-state index contributed by atoms with van der Waals surface area (Å²) in [6.45, 7) is 3.02. The third-order valence-electron chi connectivity index (χ3n) is 3.31. The van der Waals surface area contributed by atoms with Crippen LogP contribution in [0.3, 0.4) is 0 Å². The molecule has 0 aliphatic carbocycles. The average Bonchev–Trinajstić information content (AvgIpc) is 2.52. The lowest BCUT2D eigenvalue weighted by Gasteiger charge is -2.34. The molecule has 1 aliphatic heterocycles. The molecule has 1 unspecified atom stereocenters. The first-order chi connectivity index (χ1) is 10.2. The van der Waals surface area contributed by atoms with E-state index < -0.39 is 6.04 Å². The van der Waals surface area contributed by atoms with Gasteiger partial charge in [-0.25, -0.2) is 4.98 Å². The molecule has 2 heterocycles. The Morgan fingerprint density at radius 2 is 2.43 bits per heavy atom. The van der Waals surface area contributed by atoms with E-state index in [0.717, 1.165) is 0 Å². The van der Waals surface area contributed by atoms with Crippen LogP contribution < -0.4 is 11.1 Å². The van der Waals surface area contributed by atoms with Crippen LogP contribution in [0.25, 0.3) is 0 Å². The third kappa shape index (κ3) is 3.20. The van der Waals surface area contributed by atoms with Crippen LogP contribution in [0.5, 0.6) is 0 Å². The normalized spacial score (nSPS) is 17.7. The molecule has 1 aliphatic rings. The SMILES string of the molecule is CCC1C(=O)NCCN1C(=O)c1ncccc1C#CCN. The van der Waals surface area contributed by atoms with Gasteiger partial charge in [0.25, 0.3) is 5.91 Å². The molecule has 1 saturated heterocycles. The van der Waals surface area contributed by atoms with Gasteiger partial charge in [0.05, 0.1) is 12.1 Å². The molecule has 0 aromatic carbocycles. The lowest BCUT2D eigenvalue weighted by atomic mass is 10.1. The number of nitrogens with two attached hydrogens (primary N) is 1. The summed E-state index contributed by atoms with van der Waals surface area (Å²) in [6.07, 6.45) is 2.11. The van der Waals surface area contributed by atoms with E-state index in [1.165, 1.54) is 0 Å². The number of carbonyl (C=O) groups is 2. The number of pyridine rings is 1. The number of nitrogens with zero attached hydrogens (tertiary/aromatic N) is 2. The fourth-order valence-corrected chi connectivity index (χ4v) is 2.32. The second-order valence-corrected chi connectivity index (χ2v) is 4.62. The van der Waals surface area contributed by atoms with E-state index in [0.29, 0.717) is 25.1 Å². The first-order valence-electron chi connectivity index (χ1n) is 6.91. The summed E-state index contributed by atoms with van der Waals surface area (Å²) in [5.74, 6) is 5.19. The maximum absolute atomic E-state index is 12.7. The fourth-order valence-electron chi connectivity index (χ4n) is 2.32. The minimum Gasteiger partial charge on any atom is -0.353 e. The van der Waals surface area contributed by atoms with Crippen LogP contribution in [0, 0.1) is 11.8 Å². The van der Waals surface area contributed by atoms with Gasteiger partial charge < -0.3 is 16.0 Å². The largest absolute Gasteiger partial charge is 0.353 e. The number of aromatic nitrogens is 1. The molecule has 0 bridgehead atoms. The van der Waals surface area contributed by atoms with Gasteiger partial charge in [0, 0.05) is 19.3 Å². The van der Waals surface area contributed by atoms with Crippen molar-refractivity contribution in [2.75, 3.05) is 19.6 Å². The van der Waals surface area contributed by atoms with Gasteiger partial charge in [-0.3, -0.25) is 9.59 Å². The van der Waals surface area contributed by atoms with Crippen LogP contribution in [-0.4, -0.2) is 47.4 Å². The minimum absolute atomic E-state index is 0.123. The highest BCUT2D eigenvalue weighted by atomic mass is 16.2. The zero-order valence-electron chi connectivity index (χ0n) is 11.9. The first-order valence-corrected chi connectivity index (χ1v) is 6.91. The maximum Gasteiger partial charge on any atom is 0.274 e. The van der Waals surface area contributed by atoms with Crippen LogP contribution >= 0.6 is 0 Å². The van der Waals surface area contributed by atoms with Crippen molar-refractivity contribution < 1.29 is 9.59 Å². The molecule has 21 heavy (non-hydrogen) atoms. The molecule has 1 atom stereocenters. The van der Waals surface area contributed by atoms with E-state index in [1.54, 1.807) is 23.2 Å². The van der Waals surface area contributed by atoms with E-state index in [-0.39, 0.29) is 24.1 Å². The van der Waals surface area contributed by atoms with Gasteiger partial charge in [-0.15, -0.1) is 0 Å². The number of amides is 2. The molecule has 1 aromatic heterocycles. The Labute approximate surface area is 123 Å². The minimum atomic E-state index is -0.455. The molecular formula is C15H18N4O2. The zero-order valence-corrected chi connectivity index (χ0v) is 11.9. The van der Waals surface area contributed by atoms with E-state index in [2.05, 4.69) is 22.1 Å². The van der Waals surface area contributed by atoms with Crippen LogP contribution in [0.1, 0.15) is 29.4 Å². The molecule has 3 N–H and O–H groups in total. The standard InChI is InChI=1S/C15H18N4O2/c1-2-12-14(20)18-9-10-19(12)15(21)13-11(5-3-7-16)6-4-8-17-13/h4,6,8,12H,2,7,9-10,16H2,1H3,(H,18,20). The van der Waals surface area contributed by atoms with Crippen LogP contribution in [-0.2, 0) is 4.79 Å². The molecule has 0 saturated carbocycles. The molecule has 110 valence electrons. The highest BCUT2D eigenvalue weighted by Gasteiger charge is 2.33. The molecule has 6 nitrogen and oxygen atoms in total. The molecule has 2 rings (SSSR count). The maximum atomic E-state index is 12.7. The van der Waals surface area contributed by atoms with E-state index in [9.17, 15) is 9.59 Å². The quantitative estimate of drug-likeness (QED) is 0.733. The van der Waals surface area contributed by atoms with Gasteiger partial charge in [-0.1, -0.05) is 18.8 Å². The monoisotopic (exact) mass is 286 g/mol. The van der Waals surface area contributed by atoms with Gasteiger partial charge in [-0.2, -0.15) is 0 Å². The predicted octanol–water partition coefficient (Wildman–Crippen LogP) is -0.258. The van der Waals surface area contributed by atoms with Crippen molar-refractivity contribution >= 4 is 11.8 Å². The zero-order chi connectivity index (χ0) is 15.2. The second kappa shape index (κ2) is 6.86. The van der Waals surface area contributed by atoms with Gasteiger partial charge in [0.15, 0.2) is 0 Å². The lowest BCUT2D eigenvalue weighted by molar-refractivity contribution is -0.127. The van der Waals surface area contributed by atoms with Crippen molar-refractivity contribution in [3.63, 3.8) is 0 Å². The van der Waals surface area contributed by atoms with E-state index in [4.69, 9.17) is 5.73 Å². The highest BCUT2D eigenvalue weighted by molar-refractivity contribution is 5.98. The lowest BCUT2D eigenvalue weighted by Crippen LogP contribution is -2.57. The molecule has 1 fully saturated rings. The van der Waals surface area contributed by atoms with Crippen LogP contribution in [0.2, 0.25) is 0 Å². The Morgan fingerprint density at radius 3 is 3.14 bits per heavy atom. The Kier molecular flexibility index (Phi) is 4.90. The van der Waals surface area contributed by atoms with Crippen molar-refractivity contribution in [2.24, 2.45) is 5.73 Å². The number of carbonyl (C=O) groups excluding carboxylic acids is 2. The Hall–Kier alpha value is -2.39. The van der Waals surface area contributed by atoms with Gasteiger partial charge in [0.1, 0.15) is 11.7 Å². The summed E-state index contributed by atoms with van der Waals surface area (Å²) in [5.41, 5.74) is 6.17. The van der Waals surface area contributed by atoms with Crippen molar-refractivity contribution in [1.29, 1.82) is 0 Å². The molecule has 0 spiro atoms. The number of piperazine rings is 1. The first kappa shape index (κ1) is 15.0. The summed E-state index contributed by atoms with van der Waals surface area (Å²) in [6, 6.07) is 2.99. The topological polar surface area (TPSA) is 88.3 Å². The predicted molar refractivity (Wildman–Crippen MR) is 78.3 cm³/mol. The van der Waals surface area contributed by atoms with Crippen LogP contribution in [0.15, 0.2) is 18.3 Å². The highest BCUT2D eigenvalue weighted by Crippen LogP contribution is 2.14. The van der Waals surface area contributed by atoms with Gasteiger partial charge >= 0.3 is 0 Å². The number of nitrogens with one attached hydrogen (secondary N) is 1. The summed E-state index contributed by atoms with van der Waals surface area (Å²) >= 11 is 0. The summed E-state index contributed by atoms with van der Waals surface area (Å²) in [7, 11) is 0. The van der Waals surface area contributed by atoms with Crippen molar-refractivity contribution in [1.82, 2.24) is 15.2 Å². The van der Waals surface area contributed by atoms with Crippen molar-refractivity contribution in [3.05, 3.63) is 29.6 Å². The smallest absolute Gasteiger partial charge is 0.274 e. The molecular weight excluding hydrogens is 268 g/mol. The molecule has 1 aromatic rings. The Morgan fingerprint density at radius 1 is 1.62 bits per heavy atom. The summed E-state index contributed by atoms with van der Waals surface area (Å²) in [4.78, 5) is 30.2. The molecule has 2 amide bonds. The van der Waals surface area contributed by atoms with E-state index in [1.807, 2.05) is 6.92 Å². The second-order valence-electron chi connectivity index (χ2n) is 4.62. The Bertz CT molecular complexity index is 603. The van der Waals surface area contributed by atoms with Crippen molar-refractivity contribution in [3.8, 4) is 11.8 Å². The van der Waals surface area contributed by atoms with Crippen LogP contribution in [0.4, 0.5) is 0 Å². The number of hydrogen-bond donors (Lipinski definition) is 2. The molecule has 0 radical (unpaired) electrons. The number of hydrogen-bond acceptors (Lipinski definition) is 4. The third-order valence-corrected chi connectivity index (χ3v) is 3.31. The average molecular weight is 286 g/mol. The molecule has 6 heteroatoms. The fraction of sp³-hybridized carbons (Fsp3) is 0.400.